The van der Waals surface area contributed by atoms with Gasteiger partial charge in [0.05, 0.1) is 13.2 Å². The predicted octanol–water partition coefficient (Wildman–Crippen LogP) is 8.78. The molecule has 2 aliphatic heterocycles. The molecule has 0 atom stereocenters. The minimum Gasteiger partial charge on any atom is -0.492 e. The number of rotatable bonds is 8. The highest BCUT2D eigenvalue weighted by molar-refractivity contribution is 5.59. The summed E-state index contributed by atoms with van der Waals surface area (Å²) in [7, 11) is 0. The molecule has 0 bridgehead atoms. The fourth-order valence-corrected chi connectivity index (χ4v) is 5.44. The van der Waals surface area contributed by atoms with Gasteiger partial charge in [0.15, 0.2) is 0 Å². The van der Waals surface area contributed by atoms with Crippen molar-refractivity contribution in [2.75, 3.05) is 13.2 Å². The van der Waals surface area contributed by atoms with Gasteiger partial charge in [-0.05, 0) is 33.8 Å². The van der Waals surface area contributed by atoms with E-state index in [9.17, 15) is 0 Å². The molecule has 0 N–H and O–H groups in total. The molecular weight excluding hydrogens is 432 g/mol. The van der Waals surface area contributed by atoms with Crippen LogP contribution in [0.3, 0.4) is 0 Å². The summed E-state index contributed by atoms with van der Waals surface area (Å²) in [6.45, 7) is 24.8. The average Bonchev–Trinajstić information content (AvgIpc) is 3.49. The van der Waals surface area contributed by atoms with Gasteiger partial charge in [0, 0.05) is 35.1 Å². The van der Waals surface area contributed by atoms with Crippen LogP contribution in [0.5, 0.6) is 23.0 Å². The minimum absolute atomic E-state index is 0.0108. The Morgan fingerprint density at radius 1 is 0.629 bits per heavy atom. The van der Waals surface area contributed by atoms with Crippen LogP contribution in [0.2, 0.25) is 0 Å². The Morgan fingerprint density at radius 2 is 1.00 bits per heavy atom. The molecule has 3 heteroatoms. The van der Waals surface area contributed by atoms with Crippen molar-refractivity contribution in [3.8, 4) is 23.0 Å². The Kier molecular flexibility index (Phi) is 6.48. The largest absolute Gasteiger partial charge is 0.492 e. The van der Waals surface area contributed by atoms with Crippen molar-refractivity contribution in [1.82, 2.24) is 0 Å². The van der Waals surface area contributed by atoms with Crippen LogP contribution in [0.25, 0.3) is 0 Å². The number of ether oxygens (including phenoxy) is 3. The molecular formula is C32H46O3. The van der Waals surface area contributed by atoms with Gasteiger partial charge >= 0.3 is 0 Å². The standard InChI is InChI=1S/C32H46O3/c1-11-29(3,4)31(7,8)23-13-15-25(21-17-19-33-27(21)23)35-26-16-14-24(28-22(26)18-20-34-28)32(9,10)30(5,6)12-2/h13-16H,11-12,17-20H2,1-10H3. The summed E-state index contributed by atoms with van der Waals surface area (Å²) in [4.78, 5) is 0. The van der Waals surface area contributed by atoms with Crippen molar-refractivity contribution >= 4 is 0 Å². The molecule has 0 unspecified atom stereocenters. The van der Waals surface area contributed by atoms with Gasteiger partial charge in [-0.3, -0.25) is 0 Å². The Labute approximate surface area is 213 Å². The normalized spacial score (nSPS) is 15.9. The van der Waals surface area contributed by atoms with E-state index in [-0.39, 0.29) is 21.7 Å². The molecule has 0 radical (unpaired) electrons. The third kappa shape index (κ3) is 4.03. The molecule has 2 aromatic rings. The minimum atomic E-state index is -0.0108. The van der Waals surface area contributed by atoms with E-state index in [1.165, 1.54) is 22.3 Å². The van der Waals surface area contributed by atoms with Crippen molar-refractivity contribution in [3.05, 3.63) is 46.5 Å². The van der Waals surface area contributed by atoms with Crippen molar-refractivity contribution < 1.29 is 14.2 Å². The van der Waals surface area contributed by atoms with Crippen LogP contribution in [0.15, 0.2) is 24.3 Å². The lowest BCUT2D eigenvalue weighted by atomic mass is 9.62. The average molecular weight is 479 g/mol. The lowest BCUT2D eigenvalue weighted by Crippen LogP contribution is -2.36. The first kappa shape index (κ1) is 25.9. The van der Waals surface area contributed by atoms with E-state index >= 15 is 0 Å². The maximum atomic E-state index is 6.66. The van der Waals surface area contributed by atoms with E-state index in [1.54, 1.807) is 0 Å². The molecule has 2 aromatic carbocycles. The number of benzene rings is 2. The maximum absolute atomic E-state index is 6.66. The topological polar surface area (TPSA) is 27.7 Å². The Balaban J connectivity index is 1.74. The predicted molar refractivity (Wildman–Crippen MR) is 146 cm³/mol. The van der Waals surface area contributed by atoms with E-state index in [2.05, 4.69) is 93.5 Å². The van der Waals surface area contributed by atoms with Gasteiger partial charge in [0.1, 0.15) is 23.0 Å². The van der Waals surface area contributed by atoms with E-state index in [0.29, 0.717) is 13.2 Å². The van der Waals surface area contributed by atoms with Crippen molar-refractivity contribution in [2.24, 2.45) is 10.8 Å². The van der Waals surface area contributed by atoms with Gasteiger partial charge in [0.2, 0.25) is 0 Å². The molecule has 2 heterocycles. The van der Waals surface area contributed by atoms with Crippen molar-refractivity contribution in [1.29, 1.82) is 0 Å². The van der Waals surface area contributed by atoms with Gasteiger partial charge in [-0.1, -0.05) is 94.2 Å². The Hall–Kier alpha value is -2.16. The SMILES string of the molecule is CCC(C)(C)C(C)(C)c1ccc(Oc2ccc(C(C)(C)C(C)(C)CC)c3c2CCO3)c2c1OCC2. The third-order valence-corrected chi connectivity index (χ3v) is 10.4. The molecule has 3 nitrogen and oxygen atoms in total. The lowest BCUT2D eigenvalue weighted by Gasteiger charge is -2.42. The van der Waals surface area contributed by atoms with Crippen LogP contribution >= 0.6 is 0 Å². The van der Waals surface area contributed by atoms with Crippen molar-refractivity contribution in [3.63, 3.8) is 0 Å². The first-order chi connectivity index (χ1) is 16.3. The number of hydrogen-bond donors (Lipinski definition) is 0. The summed E-state index contributed by atoms with van der Waals surface area (Å²) in [6.07, 6.45) is 3.98. The fraction of sp³-hybridized carbons (Fsp3) is 0.625. The Morgan fingerprint density at radius 3 is 1.34 bits per heavy atom. The fourth-order valence-electron chi connectivity index (χ4n) is 5.44. The molecule has 0 spiro atoms. The van der Waals surface area contributed by atoms with Crippen LogP contribution in [0.1, 0.15) is 104 Å². The van der Waals surface area contributed by atoms with E-state index < -0.39 is 0 Å². The first-order valence-corrected chi connectivity index (χ1v) is 13.5. The van der Waals surface area contributed by atoms with Gasteiger partial charge in [-0.25, -0.2) is 0 Å². The van der Waals surface area contributed by atoms with Crippen LogP contribution in [0.4, 0.5) is 0 Å². The molecule has 4 rings (SSSR count). The molecule has 0 amide bonds. The number of hydrogen-bond acceptors (Lipinski definition) is 3. The van der Waals surface area contributed by atoms with Crippen LogP contribution < -0.4 is 14.2 Å². The summed E-state index contributed by atoms with van der Waals surface area (Å²) in [5, 5.41) is 0. The highest BCUT2D eigenvalue weighted by Gasteiger charge is 2.42. The summed E-state index contributed by atoms with van der Waals surface area (Å²) >= 11 is 0. The van der Waals surface area contributed by atoms with Gasteiger partial charge in [-0.2, -0.15) is 0 Å². The second-order valence-electron chi connectivity index (χ2n) is 12.9. The molecule has 0 aromatic heterocycles. The zero-order valence-corrected chi connectivity index (χ0v) is 23.8. The Bertz CT molecular complexity index is 1020. The second-order valence-corrected chi connectivity index (χ2v) is 12.9. The molecule has 2 aliphatic rings. The highest BCUT2D eigenvalue weighted by atomic mass is 16.5. The summed E-state index contributed by atoms with van der Waals surface area (Å²) in [5.41, 5.74) is 5.27. The summed E-state index contributed by atoms with van der Waals surface area (Å²) < 4.78 is 19.1. The zero-order chi connectivity index (χ0) is 25.8. The quantitative estimate of drug-likeness (QED) is 0.379. The van der Waals surface area contributed by atoms with E-state index in [4.69, 9.17) is 14.2 Å². The molecule has 35 heavy (non-hydrogen) atoms. The third-order valence-electron chi connectivity index (χ3n) is 10.4. The van der Waals surface area contributed by atoms with E-state index in [1.807, 2.05) is 0 Å². The first-order valence-electron chi connectivity index (χ1n) is 13.5. The van der Waals surface area contributed by atoms with Crippen LogP contribution in [0, 0.1) is 10.8 Å². The smallest absolute Gasteiger partial charge is 0.134 e. The monoisotopic (exact) mass is 478 g/mol. The molecule has 0 saturated heterocycles. The maximum Gasteiger partial charge on any atom is 0.134 e. The van der Waals surface area contributed by atoms with Crippen molar-refractivity contribution in [2.45, 2.75) is 106 Å². The van der Waals surface area contributed by atoms with Crippen LogP contribution in [-0.4, -0.2) is 13.2 Å². The summed E-state index contributed by atoms with van der Waals surface area (Å²) in [6, 6.07) is 8.79. The number of fused-ring (bicyclic) bond motifs is 2. The van der Waals surface area contributed by atoms with E-state index in [0.717, 1.165) is 48.7 Å². The molecule has 0 aliphatic carbocycles. The lowest BCUT2D eigenvalue weighted by molar-refractivity contribution is 0.183. The molecule has 0 saturated carbocycles. The molecule has 192 valence electrons. The summed E-state index contributed by atoms with van der Waals surface area (Å²) in [5.74, 6) is 3.90. The van der Waals surface area contributed by atoms with Crippen LogP contribution in [-0.2, 0) is 23.7 Å². The second kappa shape index (κ2) is 8.75. The molecule has 0 fully saturated rings. The van der Waals surface area contributed by atoms with Gasteiger partial charge in [0.25, 0.3) is 0 Å². The van der Waals surface area contributed by atoms with Gasteiger partial charge < -0.3 is 14.2 Å². The highest BCUT2D eigenvalue weighted by Crippen LogP contribution is 2.53. The zero-order valence-electron chi connectivity index (χ0n) is 23.8. The van der Waals surface area contributed by atoms with Gasteiger partial charge in [-0.15, -0.1) is 0 Å².